The fraction of sp³-hybridized carbons (Fsp3) is 0.500. The lowest BCUT2D eigenvalue weighted by molar-refractivity contribution is -0.958. The minimum Gasteiger partial charge on any atom is -0.295 e. The summed E-state index contributed by atoms with van der Waals surface area (Å²) in [6, 6.07) is 14.6. The monoisotopic (exact) mass is 506 g/mol. The quantitative estimate of drug-likeness (QED) is 0.0836. The fourth-order valence-electron chi connectivity index (χ4n) is 4.19. The van der Waals surface area contributed by atoms with Crippen molar-refractivity contribution in [3.05, 3.63) is 76.8 Å². The molecule has 0 spiro atoms. The minimum absolute atomic E-state index is 0.197. The maximum absolute atomic E-state index is 13.2. The molecule has 0 amide bonds. The first-order valence-electron chi connectivity index (χ1n) is 12.5. The van der Waals surface area contributed by atoms with Crippen LogP contribution in [0.4, 0.5) is 0 Å². The highest BCUT2D eigenvalue weighted by atomic mass is 35.5. The Morgan fingerprint density at radius 1 is 0.912 bits per heavy atom. The van der Waals surface area contributed by atoms with Crippen LogP contribution in [0.2, 0.25) is 5.02 Å². The third-order valence-electron chi connectivity index (χ3n) is 6.61. The highest BCUT2D eigenvalue weighted by molar-refractivity contribution is 7.86. The summed E-state index contributed by atoms with van der Waals surface area (Å²) in [5.41, 5.74) is 2.13. The number of benzene rings is 2. The van der Waals surface area contributed by atoms with Gasteiger partial charge in [-0.2, -0.15) is 8.42 Å². The van der Waals surface area contributed by atoms with Gasteiger partial charge >= 0.3 is 10.1 Å². The predicted molar refractivity (Wildman–Crippen MR) is 143 cm³/mol. The van der Waals surface area contributed by atoms with Crippen LogP contribution in [0.3, 0.4) is 0 Å². The molecule has 0 aromatic heterocycles. The van der Waals surface area contributed by atoms with Crippen molar-refractivity contribution < 1.29 is 17.1 Å². The van der Waals surface area contributed by atoms with Gasteiger partial charge in [0, 0.05) is 5.02 Å². The van der Waals surface area contributed by atoms with Gasteiger partial charge < -0.3 is 0 Å². The Balaban J connectivity index is 2.29. The number of halogens is 1. The Bertz CT molecular complexity index is 981. The third-order valence-corrected chi connectivity index (χ3v) is 8.16. The number of allylic oxidation sites excluding steroid dienone is 1. The average Bonchev–Trinajstić information content (AvgIpc) is 2.83. The van der Waals surface area contributed by atoms with Gasteiger partial charge in [0.15, 0.2) is 0 Å². The lowest BCUT2D eigenvalue weighted by Gasteiger charge is -2.41. The van der Waals surface area contributed by atoms with Gasteiger partial charge in [0.25, 0.3) is 0 Å². The van der Waals surface area contributed by atoms with Crippen LogP contribution < -0.4 is 0 Å². The Morgan fingerprint density at radius 3 is 2.12 bits per heavy atom. The van der Waals surface area contributed by atoms with Crippen molar-refractivity contribution in [2.45, 2.75) is 77.3 Å². The van der Waals surface area contributed by atoms with Gasteiger partial charge in [0.2, 0.25) is 6.23 Å². The van der Waals surface area contributed by atoms with Crippen molar-refractivity contribution in [2.75, 3.05) is 19.6 Å². The van der Waals surface area contributed by atoms with E-state index in [1.807, 2.05) is 43.3 Å². The highest BCUT2D eigenvalue weighted by Crippen LogP contribution is 2.24. The average molecular weight is 507 g/mol. The van der Waals surface area contributed by atoms with E-state index in [-0.39, 0.29) is 4.90 Å². The zero-order valence-corrected chi connectivity index (χ0v) is 22.7. The Labute approximate surface area is 212 Å². The molecular formula is C28H41ClNO3S+. The summed E-state index contributed by atoms with van der Waals surface area (Å²) in [7, 11) is -3.90. The Hall–Kier alpha value is -1.66. The zero-order chi connectivity index (χ0) is 25.0. The molecule has 0 radical (unpaired) electrons. The second-order valence-electron chi connectivity index (χ2n) is 9.00. The summed E-state index contributed by atoms with van der Waals surface area (Å²) in [5, 5.41) is 0.703. The standard InChI is InChI=1S/C28H41ClNO3S/c1-5-8-9-10-11-23-30(6-2,7-3)28(14-12-13-25-17-19-26(29)20-18-25)33-34(31,32)27-21-15-24(4)16-22-27/h12,14-22,28H,5-11,13,23H2,1-4H3/q+1/b14-12-. The van der Waals surface area contributed by atoms with E-state index in [9.17, 15) is 8.42 Å². The van der Waals surface area contributed by atoms with E-state index in [4.69, 9.17) is 15.8 Å². The zero-order valence-electron chi connectivity index (χ0n) is 21.2. The molecular weight excluding hydrogens is 466 g/mol. The number of unbranched alkanes of at least 4 members (excludes halogenated alkanes) is 4. The largest absolute Gasteiger partial charge is 0.302 e. The summed E-state index contributed by atoms with van der Waals surface area (Å²) in [6.45, 7) is 10.9. The topological polar surface area (TPSA) is 43.4 Å². The number of rotatable bonds is 15. The SMILES string of the molecule is CCCCCCC[N+](CC)(CC)C(/C=C\Cc1ccc(Cl)cc1)OS(=O)(=O)c1ccc(C)cc1. The van der Waals surface area contributed by atoms with Gasteiger partial charge in [-0.1, -0.05) is 73.7 Å². The minimum atomic E-state index is -3.90. The van der Waals surface area contributed by atoms with Crippen LogP contribution in [0.5, 0.6) is 0 Å². The molecule has 0 saturated heterocycles. The van der Waals surface area contributed by atoms with Gasteiger partial charge in [-0.05, 0) is 75.9 Å². The number of nitrogens with zero attached hydrogens (tertiary/aromatic N) is 1. The fourth-order valence-corrected chi connectivity index (χ4v) is 5.41. The Kier molecular flexibility index (Phi) is 11.8. The Morgan fingerprint density at radius 2 is 1.53 bits per heavy atom. The summed E-state index contributed by atoms with van der Waals surface area (Å²) in [6.07, 6.45) is 9.93. The van der Waals surface area contributed by atoms with Crippen molar-refractivity contribution >= 4 is 21.7 Å². The van der Waals surface area contributed by atoms with Crippen LogP contribution in [0.15, 0.2) is 65.6 Å². The molecule has 0 bridgehead atoms. The summed E-state index contributed by atoms with van der Waals surface area (Å²) in [4.78, 5) is 0.197. The van der Waals surface area contributed by atoms with E-state index in [1.165, 1.54) is 19.3 Å². The summed E-state index contributed by atoms with van der Waals surface area (Å²) in [5.74, 6) is 0. The number of hydrogen-bond acceptors (Lipinski definition) is 3. The summed E-state index contributed by atoms with van der Waals surface area (Å²) >= 11 is 6.01. The van der Waals surface area contributed by atoms with Crippen molar-refractivity contribution in [3.63, 3.8) is 0 Å². The number of likely N-dealkylation sites (N-methyl/N-ethyl adjacent to an activating group) is 1. The number of aryl methyl sites for hydroxylation is 1. The first-order chi connectivity index (χ1) is 16.3. The van der Waals surface area contributed by atoms with E-state index in [0.29, 0.717) is 15.9 Å². The molecule has 188 valence electrons. The van der Waals surface area contributed by atoms with Crippen LogP contribution in [0.1, 0.15) is 64.0 Å². The second-order valence-corrected chi connectivity index (χ2v) is 11.0. The number of hydrogen-bond donors (Lipinski definition) is 0. The van der Waals surface area contributed by atoms with Gasteiger partial charge in [0.1, 0.15) is 0 Å². The van der Waals surface area contributed by atoms with Crippen molar-refractivity contribution in [1.82, 2.24) is 0 Å². The molecule has 0 aliphatic heterocycles. The first kappa shape index (κ1) is 28.6. The molecule has 0 heterocycles. The van der Waals surface area contributed by atoms with E-state index < -0.39 is 16.3 Å². The molecule has 2 rings (SSSR count). The molecule has 1 atom stereocenters. The van der Waals surface area contributed by atoms with Crippen LogP contribution in [0.25, 0.3) is 0 Å². The van der Waals surface area contributed by atoms with Crippen LogP contribution >= 0.6 is 11.6 Å². The van der Waals surface area contributed by atoms with Crippen molar-refractivity contribution in [2.24, 2.45) is 0 Å². The second kappa shape index (κ2) is 14.0. The lowest BCUT2D eigenvalue weighted by Crippen LogP contribution is -2.56. The van der Waals surface area contributed by atoms with E-state index in [1.54, 1.807) is 24.3 Å². The first-order valence-corrected chi connectivity index (χ1v) is 14.3. The third kappa shape index (κ3) is 8.53. The predicted octanol–water partition coefficient (Wildman–Crippen LogP) is 7.31. The van der Waals surface area contributed by atoms with Crippen molar-refractivity contribution in [1.29, 1.82) is 0 Å². The molecule has 0 aliphatic rings. The van der Waals surface area contributed by atoms with E-state index in [0.717, 1.165) is 43.6 Å². The molecule has 34 heavy (non-hydrogen) atoms. The van der Waals surface area contributed by atoms with Gasteiger partial charge in [-0.25, -0.2) is 4.18 Å². The smallest absolute Gasteiger partial charge is 0.295 e. The maximum Gasteiger partial charge on any atom is 0.302 e. The van der Waals surface area contributed by atoms with Crippen LogP contribution in [0, 0.1) is 6.92 Å². The molecule has 6 heteroatoms. The van der Waals surface area contributed by atoms with Crippen LogP contribution in [-0.4, -0.2) is 38.8 Å². The van der Waals surface area contributed by atoms with Crippen LogP contribution in [-0.2, 0) is 20.7 Å². The molecule has 0 saturated carbocycles. The van der Waals surface area contributed by atoms with Gasteiger partial charge in [-0.3, -0.25) is 4.48 Å². The molecule has 0 fully saturated rings. The van der Waals surface area contributed by atoms with Crippen molar-refractivity contribution in [3.8, 4) is 0 Å². The number of quaternary nitrogens is 1. The van der Waals surface area contributed by atoms with Gasteiger partial charge in [0.05, 0.1) is 24.5 Å². The van der Waals surface area contributed by atoms with E-state index in [2.05, 4.69) is 20.8 Å². The maximum atomic E-state index is 13.2. The molecule has 0 N–H and O–H groups in total. The molecule has 2 aromatic carbocycles. The van der Waals surface area contributed by atoms with Gasteiger partial charge in [-0.15, -0.1) is 0 Å². The lowest BCUT2D eigenvalue weighted by atomic mass is 10.1. The molecule has 4 nitrogen and oxygen atoms in total. The van der Waals surface area contributed by atoms with E-state index >= 15 is 0 Å². The normalized spacial score (nSPS) is 13.4. The molecule has 1 unspecified atom stereocenters. The molecule has 2 aromatic rings. The molecule has 0 aliphatic carbocycles. The summed E-state index contributed by atoms with van der Waals surface area (Å²) < 4.78 is 33.0. The highest BCUT2D eigenvalue weighted by Gasteiger charge is 2.36.